The number of esters is 4. The van der Waals surface area contributed by atoms with Crippen LogP contribution in [0.3, 0.4) is 0 Å². The van der Waals surface area contributed by atoms with Crippen LogP contribution in [0.5, 0.6) is 57.5 Å². The van der Waals surface area contributed by atoms with Crippen molar-refractivity contribution in [2.24, 2.45) is 35.5 Å². The summed E-state index contributed by atoms with van der Waals surface area (Å²) >= 11 is 0. The predicted molar refractivity (Wildman–Crippen MR) is 273 cm³/mol. The summed E-state index contributed by atoms with van der Waals surface area (Å²) in [6.07, 6.45) is 13.4. The quantitative estimate of drug-likeness (QED) is 0.0266. The molecule has 14 nitrogen and oxygen atoms in total. The molecule has 392 valence electrons. The van der Waals surface area contributed by atoms with Crippen LogP contribution in [-0.2, 0) is 32.0 Å². The van der Waals surface area contributed by atoms with Crippen molar-refractivity contribution in [3.05, 3.63) is 82.9 Å². The zero-order chi connectivity index (χ0) is 52.8. The van der Waals surface area contributed by atoms with Gasteiger partial charge in [0.05, 0.1) is 0 Å². The van der Waals surface area contributed by atoms with Gasteiger partial charge in [0.2, 0.25) is 0 Å². The minimum absolute atomic E-state index is 0.0136. The Hall–Kier alpha value is -6.44. The minimum Gasteiger partial charge on any atom is -0.508 e. The zero-order valence-electron chi connectivity index (χ0n) is 43.2. The van der Waals surface area contributed by atoms with Crippen LogP contribution in [-0.4, -0.2) is 54.5 Å². The molecule has 4 aromatic rings. The molecule has 2 aliphatic carbocycles. The Kier molecular flexibility index (Phi) is 20.6. The lowest BCUT2D eigenvalue weighted by molar-refractivity contribution is -0.156. The Bertz CT molecular complexity index is 2280. The molecule has 6 atom stereocenters. The van der Waals surface area contributed by atoms with E-state index in [1.807, 2.05) is 0 Å². The molecule has 2 saturated carbocycles. The van der Waals surface area contributed by atoms with Gasteiger partial charge in [0, 0.05) is 47.5 Å². The maximum atomic E-state index is 12.8. The summed E-state index contributed by atoms with van der Waals surface area (Å²) in [4.78, 5) is 50.6. The molecule has 4 aromatic carbocycles. The van der Waals surface area contributed by atoms with Gasteiger partial charge in [0.1, 0.15) is 57.5 Å². The summed E-state index contributed by atoms with van der Waals surface area (Å²) in [7, 11) is 0. The van der Waals surface area contributed by atoms with Gasteiger partial charge in [-0.2, -0.15) is 0 Å². The van der Waals surface area contributed by atoms with E-state index in [2.05, 4.69) is 55.4 Å². The molecule has 72 heavy (non-hydrogen) atoms. The van der Waals surface area contributed by atoms with E-state index in [1.54, 1.807) is 24.3 Å². The van der Waals surface area contributed by atoms with E-state index in [0.29, 0.717) is 59.5 Å². The van der Waals surface area contributed by atoms with Crippen LogP contribution in [0.25, 0.3) is 0 Å². The Morgan fingerprint density at radius 2 is 0.806 bits per heavy atom. The summed E-state index contributed by atoms with van der Waals surface area (Å²) in [6.45, 7) is 17.3. The predicted octanol–water partition coefficient (Wildman–Crippen LogP) is 12.4. The molecular formula is C58H76O14. The normalized spacial score (nSPS) is 19.8. The van der Waals surface area contributed by atoms with Gasteiger partial charge >= 0.3 is 23.9 Å². The number of hydrogen-bond donors (Lipinski definition) is 6. The fraction of sp³-hybridized carbons (Fsp3) is 0.517. The summed E-state index contributed by atoms with van der Waals surface area (Å²) in [5.41, 5.74) is 2.80. The van der Waals surface area contributed by atoms with Gasteiger partial charge < -0.3 is 49.6 Å². The fourth-order valence-corrected chi connectivity index (χ4v) is 10.6. The van der Waals surface area contributed by atoms with Gasteiger partial charge in [-0.25, -0.2) is 19.2 Å². The number of unbranched alkanes of at least 4 members (excludes halogenated alkanes) is 4. The van der Waals surface area contributed by atoms with E-state index < -0.39 is 23.9 Å². The molecule has 2 aliphatic rings. The number of carbonyl (C=O) groups excluding carboxylic acids is 4. The van der Waals surface area contributed by atoms with Crippen LogP contribution in [0, 0.1) is 35.5 Å². The number of benzene rings is 4. The van der Waals surface area contributed by atoms with Gasteiger partial charge in [-0.1, -0.05) is 93.9 Å². The molecule has 0 aromatic heterocycles. The first-order chi connectivity index (χ1) is 34.2. The van der Waals surface area contributed by atoms with E-state index >= 15 is 0 Å². The van der Waals surface area contributed by atoms with Crippen LogP contribution >= 0.6 is 0 Å². The topological polar surface area (TPSA) is 227 Å². The molecule has 6 N–H and O–H groups in total. The lowest BCUT2D eigenvalue weighted by Crippen LogP contribution is -2.29. The van der Waals surface area contributed by atoms with Crippen molar-refractivity contribution in [3.8, 4) is 57.5 Å². The van der Waals surface area contributed by atoms with Crippen molar-refractivity contribution in [1.82, 2.24) is 0 Å². The van der Waals surface area contributed by atoms with Crippen molar-refractivity contribution in [2.75, 3.05) is 0 Å². The Morgan fingerprint density at radius 1 is 0.472 bits per heavy atom. The molecule has 0 aliphatic heterocycles. The standard InChI is InChI=1S/2C29H38O7/c2*1-5-6-7-8-19-12-25(32)27(24-11-18(4)9-10-23(24)17(2)3)26(13-19)36-29(34)28(33)35-22-15-20(30)14-21(31)16-22/h2*12-18,23-24,30-32H,5-11H2,1-4H3/t18-,23+,24-;18-,23-,24+/m10/s1. The summed E-state index contributed by atoms with van der Waals surface area (Å²) in [5.74, 6) is -3.92. The Balaban J connectivity index is 0.000000267. The van der Waals surface area contributed by atoms with Gasteiger partial charge in [0.15, 0.2) is 0 Å². The minimum atomic E-state index is -1.29. The fourth-order valence-electron chi connectivity index (χ4n) is 10.6. The van der Waals surface area contributed by atoms with Crippen molar-refractivity contribution < 1.29 is 68.8 Å². The van der Waals surface area contributed by atoms with E-state index in [4.69, 9.17) is 18.9 Å². The van der Waals surface area contributed by atoms with Crippen LogP contribution in [0.15, 0.2) is 60.7 Å². The lowest BCUT2D eigenvalue weighted by atomic mass is 9.67. The van der Waals surface area contributed by atoms with Crippen molar-refractivity contribution in [2.45, 2.75) is 157 Å². The van der Waals surface area contributed by atoms with Gasteiger partial charge in [0.25, 0.3) is 0 Å². The van der Waals surface area contributed by atoms with Crippen molar-refractivity contribution >= 4 is 23.9 Å². The number of aromatic hydroxyl groups is 6. The first-order valence-corrected chi connectivity index (χ1v) is 25.8. The maximum Gasteiger partial charge on any atom is 0.423 e. The molecule has 0 spiro atoms. The molecule has 2 fully saturated rings. The summed E-state index contributed by atoms with van der Waals surface area (Å²) in [5, 5.41) is 60.7. The van der Waals surface area contributed by atoms with Gasteiger partial charge in [-0.15, -0.1) is 0 Å². The highest BCUT2D eigenvalue weighted by molar-refractivity contribution is 6.31. The van der Waals surface area contributed by atoms with Gasteiger partial charge in [-0.3, -0.25) is 0 Å². The molecule has 0 heterocycles. The van der Waals surface area contributed by atoms with Crippen LogP contribution in [0.1, 0.15) is 167 Å². The Labute approximate surface area is 424 Å². The number of hydrogen-bond acceptors (Lipinski definition) is 14. The van der Waals surface area contributed by atoms with Gasteiger partial charge in [-0.05, 0) is 134 Å². The second-order valence-electron chi connectivity index (χ2n) is 20.8. The number of aryl methyl sites for hydroxylation is 2. The third kappa shape index (κ3) is 15.8. The third-order valence-corrected chi connectivity index (χ3v) is 14.2. The summed E-state index contributed by atoms with van der Waals surface area (Å²) < 4.78 is 21.2. The summed E-state index contributed by atoms with van der Waals surface area (Å²) in [6, 6.07) is 13.6. The molecule has 14 heteroatoms. The zero-order valence-corrected chi connectivity index (χ0v) is 43.2. The van der Waals surface area contributed by atoms with E-state index in [9.17, 15) is 49.8 Å². The second kappa shape index (κ2) is 26.3. The van der Waals surface area contributed by atoms with E-state index in [0.717, 1.165) is 125 Å². The molecule has 0 amide bonds. The number of phenolic OH excluding ortho intramolecular Hbond substituents is 6. The van der Waals surface area contributed by atoms with Crippen LogP contribution in [0.2, 0.25) is 0 Å². The molecular weight excluding hydrogens is 921 g/mol. The van der Waals surface area contributed by atoms with E-state index in [-0.39, 0.29) is 69.3 Å². The SMILES string of the molecule is CCCCCc1cc(O)c([C@@H]2C[C@@H](C)CC[C@H]2C(C)C)c(OC(=O)C(=O)Oc2cc(O)cc(O)c2)c1.CCCCCc1cc(O)c([C@@H]2C[C@H](C)CC[C@H]2C(C)C)c(OC(=O)C(=O)Oc2cc(O)cc(O)c2)c1. The number of carbonyl (C=O) groups is 4. The highest BCUT2D eigenvalue weighted by atomic mass is 16.6. The van der Waals surface area contributed by atoms with Crippen molar-refractivity contribution in [3.63, 3.8) is 0 Å². The molecule has 6 rings (SSSR count). The lowest BCUT2D eigenvalue weighted by Gasteiger charge is -2.38. The largest absolute Gasteiger partial charge is 0.508 e. The first-order valence-electron chi connectivity index (χ1n) is 25.8. The van der Waals surface area contributed by atoms with Crippen molar-refractivity contribution in [1.29, 1.82) is 0 Å². The monoisotopic (exact) mass is 997 g/mol. The second-order valence-corrected chi connectivity index (χ2v) is 20.8. The number of rotatable bonds is 16. The smallest absolute Gasteiger partial charge is 0.423 e. The van der Waals surface area contributed by atoms with Crippen LogP contribution in [0.4, 0.5) is 0 Å². The first kappa shape index (κ1) is 56.5. The molecule has 0 unspecified atom stereocenters. The van der Waals surface area contributed by atoms with Crippen LogP contribution < -0.4 is 18.9 Å². The highest BCUT2D eigenvalue weighted by Gasteiger charge is 2.38. The Morgan fingerprint density at radius 3 is 1.12 bits per heavy atom. The van der Waals surface area contributed by atoms with E-state index in [1.165, 1.54) is 0 Å². The molecule has 0 saturated heterocycles. The third-order valence-electron chi connectivity index (χ3n) is 14.2. The maximum absolute atomic E-state index is 12.8. The average molecular weight is 997 g/mol. The molecule has 0 bridgehead atoms. The number of ether oxygens (including phenoxy) is 4. The average Bonchev–Trinajstić information content (AvgIpc) is 3.28. The number of phenols is 6. The molecule has 0 radical (unpaired) electrons. The highest BCUT2D eigenvalue weighted by Crippen LogP contribution is 2.51.